The van der Waals surface area contributed by atoms with Crippen molar-refractivity contribution in [2.45, 2.75) is 37.7 Å². The average molecular weight is 527 g/mol. The number of rotatable bonds is 9. The number of carbonyl (C=O) groups is 3. The van der Waals surface area contributed by atoms with E-state index in [-0.39, 0.29) is 5.91 Å². The normalized spacial score (nSPS) is 16.7. The van der Waals surface area contributed by atoms with E-state index in [9.17, 15) is 19.5 Å². The van der Waals surface area contributed by atoms with Crippen molar-refractivity contribution in [2.75, 3.05) is 32.7 Å². The van der Waals surface area contributed by atoms with Crippen molar-refractivity contribution in [3.8, 4) is 11.1 Å². The third-order valence-corrected chi connectivity index (χ3v) is 8.00. The Labute approximate surface area is 229 Å². The Bertz CT molecular complexity index is 1300. The summed E-state index contributed by atoms with van der Waals surface area (Å²) in [5, 5.41) is 10.5. The molecule has 1 aliphatic carbocycles. The molecule has 1 heterocycles. The Hall–Kier alpha value is -3.97. The van der Waals surface area contributed by atoms with Gasteiger partial charge in [-0.25, -0.2) is 0 Å². The van der Waals surface area contributed by atoms with E-state index in [1.807, 2.05) is 66.7 Å². The number of piperazine rings is 1. The second kappa shape index (κ2) is 11.4. The molecule has 1 atom stereocenters. The first-order valence-corrected chi connectivity index (χ1v) is 13.6. The Morgan fingerprint density at radius 3 is 1.95 bits per heavy atom. The Balaban J connectivity index is 1.18. The molecule has 2 aliphatic rings. The molecule has 1 fully saturated rings. The molecular formula is C32H34N2O5. The highest BCUT2D eigenvalue weighted by Crippen LogP contribution is 2.51. The number of amides is 1. The minimum absolute atomic E-state index is 0.196. The van der Waals surface area contributed by atoms with Crippen LogP contribution in [0.15, 0.2) is 78.9 Å². The summed E-state index contributed by atoms with van der Waals surface area (Å²) in [4.78, 5) is 41.8. The summed E-state index contributed by atoms with van der Waals surface area (Å²) in [5.41, 5.74) is 3.43. The van der Waals surface area contributed by atoms with Crippen LogP contribution in [0, 0.1) is 0 Å². The molecule has 1 saturated heterocycles. The van der Waals surface area contributed by atoms with Gasteiger partial charge in [0.15, 0.2) is 0 Å². The van der Waals surface area contributed by atoms with Gasteiger partial charge in [0.25, 0.3) is 5.91 Å². The maximum absolute atomic E-state index is 13.2. The van der Waals surface area contributed by atoms with Gasteiger partial charge in [0.2, 0.25) is 6.10 Å². The number of carboxylic acids is 1. The molecule has 1 aliphatic heterocycles. The minimum Gasteiger partial charge on any atom is -0.480 e. The van der Waals surface area contributed by atoms with Crippen molar-refractivity contribution < 1.29 is 24.2 Å². The number of fused-ring (bicyclic) bond motifs is 3. The number of unbranched alkanes of at least 4 members (excludes halogenated alkanes) is 1. The first kappa shape index (κ1) is 26.6. The van der Waals surface area contributed by atoms with Crippen LogP contribution in [-0.4, -0.2) is 65.5 Å². The van der Waals surface area contributed by atoms with Crippen molar-refractivity contribution in [3.05, 3.63) is 95.6 Å². The highest BCUT2D eigenvalue weighted by Gasteiger charge is 2.48. The van der Waals surface area contributed by atoms with E-state index >= 15 is 0 Å². The van der Waals surface area contributed by atoms with Gasteiger partial charge in [0.1, 0.15) is 5.41 Å². The smallest absolute Gasteiger partial charge is 0.318 e. The summed E-state index contributed by atoms with van der Waals surface area (Å²) in [6, 6.07) is 24.8. The number of carboxylic acid groups (broad SMARTS) is 1. The molecule has 5 rings (SSSR count). The lowest BCUT2D eigenvalue weighted by atomic mass is 9.74. The molecule has 0 aromatic heterocycles. The van der Waals surface area contributed by atoms with Crippen LogP contribution in [0.25, 0.3) is 11.1 Å². The number of hydrogen-bond acceptors (Lipinski definition) is 5. The largest absolute Gasteiger partial charge is 0.480 e. The lowest BCUT2D eigenvalue weighted by molar-refractivity contribution is -0.160. The standard InChI is InChI=1S/C32H34N2O5/c1-23(35)39-29(24-11-3-2-4-12-24)30(36)34-21-19-33(20-22-34)18-10-9-17-32(31(37)38)27-15-7-5-13-25(27)26-14-6-8-16-28(26)32/h2-8,11-16,29H,9-10,17-22H2,1H3,(H,37,38). The van der Waals surface area contributed by atoms with Crippen molar-refractivity contribution >= 4 is 17.8 Å². The molecule has 0 radical (unpaired) electrons. The minimum atomic E-state index is -1.03. The SMILES string of the molecule is CC(=O)OC(C(=O)N1CCN(CCCCC2(C(=O)O)c3ccccc3-c3ccccc32)CC1)c1ccccc1. The number of aliphatic carboxylic acids is 1. The maximum atomic E-state index is 13.2. The van der Waals surface area contributed by atoms with Crippen molar-refractivity contribution in [2.24, 2.45) is 0 Å². The van der Waals surface area contributed by atoms with E-state index in [4.69, 9.17) is 4.74 Å². The molecule has 3 aromatic carbocycles. The molecule has 1 unspecified atom stereocenters. The van der Waals surface area contributed by atoms with Crippen LogP contribution in [0.1, 0.15) is 49.0 Å². The van der Waals surface area contributed by atoms with Crippen LogP contribution in [-0.2, 0) is 24.5 Å². The van der Waals surface area contributed by atoms with Gasteiger partial charge in [-0.3, -0.25) is 19.3 Å². The van der Waals surface area contributed by atoms with Crippen LogP contribution in [0.4, 0.5) is 0 Å². The Kier molecular flexibility index (Phi) is 7.79. The molecule has 0 bridgehead atoms. The second-order valence-corrected chi connectivity index (χ2v) is 10.3. The van der Waals surface area contributed by atoms with Crippen molar-refractivity contribution in [1.29, 1.82) is 0 Å². The molecule has 39 heavy (non-hydrogen) atoms. The van der Waals surface area contributed by atoms with Crippen LogP contribution in [0.3, 0.4) is 0 Å². The molecule has 1 amide bonds. The zero-order valence-corrected chi connectivity index (χ0v) is 22.2. The van der Waals surface area contributed by atoms with Crippen molar-refractivity contribution in [1.82, 2.24) is 9.80 Å². The first-order valence-electron chi connectivity index (χ1n) is 13.6. The number of carbonyl (C=O) groups excluding carboxylic acids is 2. The van der Waals surface area contributed by atoms with Crippen molar-refractivity contribution in [3.63, 3.8) is 0 Å². The predicted molar refractivity (Wildman–Crippen MR) is 148 cm³/mol. The topological polar surface area (TPSA) is 87.2 Å². The third kappa shape index (κ3) is 5.19. The maximum Gasteiger partial charge on any atom is 0.318 e. The average Bonchev–Trinajstić information content (AvgIpc) is 3.25. The predicted octanol–water partition coefficient (Wildman–Crippen LogP) is 4.66. The quantitative estimate of drug-likeness (QED) is 0.323. The summed E-state index contributed by atoms with van der Waals surface area (Å²) in [6.45, 7) is 4.73. The van der Waals surface area contributed by atoms with Gasteiger partial charge in [-0.05, 0) is 41.6 Å². The third-order valence-electron chi connectivity index (χ3n) is 8.00. The summed E-state index contributed by atoms with van der Waals surface area (Å²) >= 11 is 0. The number of hydrogen-bond donors (Lipinski definition) is 1. The van der Waals surface area contributed by atoms with E-state index in [1.54, 1.807) is 17.0 Å². The highest BCUT2D eigenvalue weighted by atomic mass is 16.5. The van der Waals surface area contributed by atoms with E-state index < -0.39 is 23.5 Å². The molecule has 1 N–H and O–H groups in total. The molecular weight excluding hydrogens is 492 g/mol. The monoisotopic (exact) mass is 526 g/mol. The molecule has 202 valence electrons. The van der Waals surface area contributed by atoms with Gasteiger partial charge < -0.3 is 14.7 Å². The van der Waals surface area contributed by atoms with E-state index in [2.05, 4.69) is 4.90 Å². The number of esters is 1. The molecule has 3 aromatic rings. The van der Waals surface area contributed by atoms with Gasteiger partial charge in [-0.2, -0.15) is 0 Å². The molecule has 0 saturated carbocycles. The fraction of sp³-hybridized carbons (Fsp3) is 0.344. The second-order valence-electron chi connectivity index (χ2n) is 10.3. The van der Waals surface area contributed by atoms with Crippen LogP contribution in [0.5, 0.6) is 0 Å². The highest BCUT2D eigenvalue weighted by molar-refractivity contribution is 5.97. The summed E-state index contributed by atoms with van der Waals surface area (Å²) in [5.74, 6) is -1.48. The Morgan fingerprint density at radius 2 is 1.38 bits per heavy atom. The van der Waals surface area contributed by atoms with Gasteiger partial charge in [-0.1, -0.05) is 85.3 Å². The number of nitrogens with zero attached hydrogens (tertiary/aromatic N) is 2. The van der Waals surface area contributed by atoms with Crippen LogP contribution < -0.4 is 0 Å². The van der Waals surface area contributed by atoms with Gasteiger partial charge in [0, 0.05) is 38.7 Å². The number of benzene rings is 3. The first-order chi connectivity index (χ1) is 18.9. The zero-order valence-electron chi connectivity index (χ0n) is 22.2. The van der Waals surface area contributed by atoms with Gasteiger partial charge >= 0.3 is 11.9 Å². The van der Waals surface area contributed by atoms with Gasteiger partial charge in [-0.15, -0.1) is 0 Å². The molecule has 7 nitrogen and oxygen atoms in total. The van der Waals surface area contributed by atoms with Crippen LogP contribution in [0.2, 0.25) is 0 Å². The number of ether oxygens (including phenoxy) is 1. The van der Waals surface area contributed by atoms with E-state index in [0.717, 1.165) is 54.7 Å². The van der Waals surface area contributed by atoms with E-state index in [1.165, 1.54) is 6.92 Å². The summed E-state index contributed by atoms with van der Waals surface area (Å²) in [6.07, 6.45) is 1.25. The fourth-order valence-electron chi connectivity index (χ4n) is 6.07. The summed E-state index contributed by atoms with van der Waals surface area (Å²) in [7, 11) is 0. The lowest BCUT2D eigenvalue weighted by Gasteiger charge is -2.36. The van der Waals surface area contributed by atoms with Gasteiger partial charge in [0.05, 0.1) is 0 Å². The molecule has 7 heteroatoms. The van der Waals surface area contributed by atoms with E-state index in [0.29, 0.717) is 25.1 Å². The van der Waals surface area contributed by atoms with Crippen LogP contribution >= 0.6 is 0 Å². The Morgan fingerprint density at radius 1 is 0.821 bits per heavy atom. The molecule has 0 spiro atoms. The summed E-state index contributed by atoms with van der Waals surface area (Å²) < 4.78 is 5.39. The lowest BCUT2D eigenvalue weighted by Crippen LogP contribution is -2.50. The fourth-order valence-corrected chi connectivity index (χ4v) is 6.07. The zero-order chi connectivity index (χ0) is 27.4.